The number of halogens is 1. The number of aryl methyl sites for hydroxylation is 1. The summed E-state index contributed by atoms with van der Waals surface area (Å²) in [7, 11) is -2.77. The van der Waals surface area contributed by atoms with Crippen LogP contribution in [0.5, 0.6) is 5.75 Å². The van der Waals surface area contributed by atoms with Crippen LogP contribution < -0.4 is 15.0 Å². The van der Waals surface area contributed by atoms with E-state index in [4.69, 9.17) is 16.3 Å². The van der Waals surface area contributed by atoms with E-state index >= 15 is 0 Å². The maximum Gasteiger partial charge on any atom is 0.279 e. The number of rotatable bonds is 4. The molecule has 1 aromatic carbocycles. The first-order valence-corrected chi connectivity index (χ1v) is 9.40. The van der Waals surface area contributed by atoms with Crippen molar-refractivity contribution in [3.8, 4) is 5.75 Å². The number of aromatic nitrogens is 2. The molecule has 0 fully saturated rings. The Morgan fingerprint density at radius 3 is 2.83 bits per heavy atom. The van der Waals surface area contributed by atoms with Crippen molar-refractivity contribution >= 4 is 43.6 Å². The lowest BCUT2D eigenvalue weighted by Crippen LogP contribution is -2.27. The fraction of sp³-hybridized carbons (Fsp3) is 0.143. The minimum atomic E-state index is -4.17. The van der Waals surface area contributed by atoms with Gasteiger partial charge in [0, 0.05) is 16.6 Å². The molecule has 0 spiro atoms. The molecular weight excluding hydrogens is 374 g/mol. The third-order valence-corrected chi connectivity index (χ3v) is 5.76. The monoisotopic (exact) mass is 385 g/mol. The second-order valence-electron chi connectivity index (χ2n) is 4.84. The van der Waals surface area contributed by atoms with Crippen LogP contribution in [-0.4, -0.2) is 24.9 Å². The molecule has 0 saturated carbocycles. The maximum atomic E-state index is 12.7. The lowest BCUT2D eigenvalue weighted by molar-refractivity contribution is 0.417. The van der Waals surface area contributed by atoms with Crippen molar-refractivity contribution in [1.29, 1.82) is 0 Å². The fourth-order valence-electron chi connectivity index (χ4n) is 2.23. The summed E-state index contributed by atoms with van der Waals surface area (Å²) in [6, 6.07) is 4.50. The van der Waals surface area contributed by atoms with E-state index in [0.29, 0.717) is 9.98 Å². The number of hydrogen-bond acceptors (Lipinski definition) is 6. The van der Waals surface area contributed by atoms with Gasteiger partial charge in [-0.25, -0.2) is 13.4 Å². The van der Waals surface area contributed by atoms with Crippen LogP contribution in [0.15, 0.2) is 39.5 Å². The van der Waals surface area contributed by atoms with Gasteiger partial charge in [0.1, 0.15) is 5.75 Å². The molecule has 2 heterocycles. The molecule has 3 rings (SSSR count). The highest BCUT2D eigenvalue weighted by Gasteiger charge is 2.25. The third-order valence-electron chi connectivity index (χ3n) is 3.27. The molecule has 1 N–H and O–H groups in total. The van der Waals surface area contributed by atoms with Gasteiger partial charge in [0.05, 0.1) is 18.5 Å². The van der Waals surface area contributed by atoms with E-state index in [1.807, 2.05) is 0 Å². The highest BCUT2D eigenvalue weighted by Crippen LogP contribution is 2.29. The topological polar surface area (TPSA) is 89.8 Å². The molecule has 0 atom stereocenters. The van der Waals surface area contributed by atoms with Gasteiger partial charge in [-0.1, -0.05) is 11.6 Å². The predicted molar refractivity (Wildman–Crippen MR) is 92.9 cm³/mol. The summed E-state index contributed by atoms with van der Waals surface area (Å²) in [5.41, 5.74) is -0.401. The van der Waals surface area contributed by atoms with E-state index in [9.17, 15) is 13.2 Å². The zero-order chi connectivity index (χ0) is 17.5. The Morgan fingerprint density at radius 2 is 2.12 bits per heavy atom. The molecule has 0 saturated heterocycles. The van der Waals surface area contributed by atoms with Gasteiger partial charge in [-0.3, -0.25) is 13.9 Å². The Labute approximate surface area is 146 Å². The average Bonchev–Trinajstić information content (AvgIpc) is 2.95. The molecule has 24 heavy (non-hydrogen) atoms. The summed E-state index contributed by atoms with van der Waals surface area (Å²) in [5, 5.41) is 1.99. The van der Waals surface area contributed by atoms with Crippen LogP contribution in [0.25, 0.3) is 4.96 Å². The fourth-order valence-corrected chi connectivity index (χ4v) is 4.47. The molecule has 126 valence electrons. The van der Waals surface area contributed by atoms with Crippen molar-refractivity contribution in [3.05, 3.63) is 50.8 Å². The number of nitrogens with one attached hydrogen (secondary N) is 1. The molecular formula is C14H12ClN3O4S2. The molecule has 0 bridgehead atoms. The number of hydrogen-bond donors (Lipinski definition) is 1. The Hall–Kier alpha value is -2.10. The number of nitrogens with zero attached hydrogens (tertiary/aromatic N) is 2. The average molecular weight is 386 g/mol. The zero-order valence-electron chi connectivity index (χ0n) is 12.6. The summed E-state index contributed by atoms with van der Waals surface area (Å²) in [6.45, 7) is 1.48. The quantitative estimate of drug-likeness (QED) is 0.745. The van der Waals surface area contributed by atoms with Crippen molar-refractivity contribution < 1.29 is 13.2 Å². The Kier molecular flexibility index (Phi) is 4.24. The van der Waals surface area contributed by atoms with Crippen LogP contribution >= 0.6 is 22.9 Å². The van der Waals surface area contributed by atoms with Crippen LogP contribution in [0.4, 0.5) is 5.69 Å². The van der Waals surface area contributed by atoms with Crippen LogP contribution in [0, 0.1) is 6.92 Å². The minimum absolute atomic E-state index is 0.121. The van der Waals surface area contributed by atoms with Crippen molar-refractivity contribution in [3.63, 3.8) is 0 Å². The van der Waals surface area contributed by atoms with E-state index in [1.54, 1.807) is 11.4 Å². The van der Waals surface area contributed by atoms with Crippen LogP contribution in [-0.2, 0) is 10.0 Å². The molecule has 7 nitrogen and oxygen atoms in total. The molecule has 2 aromatic heterocycles. The number of thiazole rings is 1. The van der Waals surface area contributed by atoms with Gasteiger partial charge < -0.3 is 4.74 Å². The van der Waals surface area contributed by atoms with Crippen molar-refractivity contribution in [1.82, 2.24) is 9.38 Å². The van der Waals surface area contributed by atoms with Gasteiger partial charge in [0.25, 0.3) is 15.6 Å². The molecule has 3 aromatic rings. The molecule has 0 radical (unpaired) electrons. The van der Waals surface area contributed by atoms with Gasteiger partial charge in [0.15, 0.2) is 9.86 Å². The van der Waals surface area contributed by atoms with E-state index in [1.165, 1.54) is 48.1 Å². The van der Waals surface area contributed by atoms with Crippen LogP contribution in [0.2, 0.25) is 5.02 Å². The van der Waals surface area contributed by atoms with Crippen molar-refractivity contribution in [2.75, 3.05) is 11.8 Å². The highest BCUT2D eigenvalue weighted by molar-refractivity contribution is 7.92. The summed E-state index contributed by atoms with van der Waals surface area (Å²) >= 11 is 7.15. The standard InChI is InChI=1S/C14H12ClN3O4S2/c1-8-12(13(19)18-5-6-23-14(18)16-8)24(20,21)17-10-7-9(15)3-4-11(10)22-2/h3-7,17H,1-2H3. The second kappa shape index (κ2) is 6.08. The van der Waals surface area contributed by atoms with Gasteiger partial charge in [-0.15, -0.1) is 11.3 Å². The summed E-state index contributed by atoms with van der Waals surface area (Å²) < 4.78 is 34.1. The summed E-state index contributed by atoms with van der Waals surface area (Å²) in [6.07, 6.45) is 1.48. The van der Waals surface area contributed by atoms with E-state index < -0.39 is 20.5 Å². The Bertz CT molecular complexity index is 1090. The van der Waals surface area contributed by atoms with Gasteiger partial charge in [0.2, 0.25) is 0 Å². The van der Waals surface area contributed by atoms with Gasteiger partial charge in [-0.2, -0.15) is 0 Å². The first-order valence-electron chi connectivity index (χ1n) is 6.66. The molecule has 0 aliphatic rings. The molecule has 0 aliphatic carbocycles. The SMILES string of the molecule is COc1ccc(Cl)cc1NS(=O)(=O)c1c(C)nc2sccn2c1=O. The molecule has 10 heteroatoms. The summed E-state index contributed by atoms with van der Waals surface area (Å²) in [4.78, 5) is 16.7. The van der Waals surface area contributed by atoms with E-state index in [2.05, 4.69) is 9.71 Å². The zero-order valence-corrected chi connectivity index (χ0v) is 15.0. The Morgan fingerprint density at radius 1 is 1.38 bits per heavy atom. The molecule has 0 amide bonds. The normalized spacial score (nSPS) is 11.6. The lowest BCUT2D eigenvalue weighted by atomic mass is 10.3. The smallest absolute Gasteiger partial charge is 0.279 e. The molecule has 0 unspecified atom stereocenters. The largest absolute Gasteiger partial charge is 0.495 e. The van der Waals surface area contributed by atoms with Crippen molar-refractivity contribution in [2.45, 2.75) is 11.8 Å². The van der Waals surface area contributed by atoms with Crippen LogP contribution in [0.1, 0.15) is 5.69 Å². The number of ether oxygens (including phenoxy) is 1. The molecule has 0 aliphatic heterocycles. The summed E-state index contributed by atoms with van der Waals surface area (Å²) in [5.74, 6) is 0.283. The number of methoxy groups -OCH3 is 1. The second-order valence-corrected chi connectivity index (χ2v) is 7.77. The van der Waals surface area contributed by atoms with Crippen molar-refractivity contribution in [2.24, 2.45) is 0 Å². The first-order chi connectivity index (χ1) is 11.3. The highest BCUT2D eigenvalue weighted by atomic mass is 35.5. The van der Waals surface area contributed by atoms with Crippen LogP contribution in [0.3, 0.4) is 0 Å². The number of sulfonamides is 1. The van der Waals surface area contributed by atoms with Gasteiger partial charge >= 0.3 is 0 Å². The third kappa shape index (κ3) is 2.85. The van der Waals surface area contributed by atoms with E-state index in [0.717, 1.165) is 0 Å². The maximum absolute atomic E-state index is 12.7. The van der Waals surface area contributed by atoms with E-state index in [-0.39, 0.29) is 17.1 Å². The number of fused-ring (bicyclic) bond motifs is 1. The first kappa shape index (κ1) is 16.7. The Balaban J connectivity index is 2.16. The lowest BCUT2D eigenvalue weighted by Gasteiger charge is -2.13. The predicted octanol–water partition coefficient (Wildman–Crippen LogP) is 2.53. The number of anilines is 1. The minimum Gasteiger partial charge on any atom is -0.495 e. The van der Waals surface area contributed by atoms with Gasteiger partial charge in [-0.05, 0) is 25.1 Å². The number of benzene rings is 1.